The van der Waals surface area contributed by atoms with Crippen molar-refractivity contribution >= 4 is 17.5 Å². The third-order valence-corrected chi connectivity index (χ3v) is 5.94. The molecular weight excluding hydrogens is 404 g/mol. The van der Waals surface area contributed by atoms with Gasteiger partial charge in [0.2, 0.25) is 0 Å². The number of carbonyl (C=O) groups is 1. The maximum absolute atomic E-state index is 13.2. The van der Waals surface area contributed by atoms with Crippen molar-refractivity contribution in [2.45, 2.75) is 32.9 Å². The molecule has 0 N–H and O–H groups in total. The molecule has 1 aromatic carbocycles. The van der Waals surface area contributed by atoms with E-state index in [1.807, 2.05) is 33.8 Å². The van der Waals surface area contributed by atoms with E-state index in [4.69, 9.17) is 21.1 Å². The second kappa shape index (κ2) is 9.37. The number of aromatic nitrogens is 2. The predicted molar refractivity (Wildman–Crippen MR) is 115 cm³/mol. The number of hydrogen-bond acceptors (Lipinski definition) is 5. The number of hydrogen-bond donors (Lipinski definition) is 0. The second-order valence-electron chi connectivity index (χ2n) is 8.05. The minimum atomic E-state index is 0.0215. The molecule has 30 heavy (non-hydrogen) atoms. The van der Waals surface area contributed by atoms with Gasteiger partial charge in [-0.3, -0.25) is 14.4 Å². The summed E-state index contributed by atoms with van der Waals surface area (Å²) in [7, 11) is 0. The number of halogens is 1. The Hall–Kier alpha value is -2.09. The van der Waals surface area contributed by atoms with E-state index >= 15 is 0 Å². The van der Waals surface area contributed by atoms with Gasteiger partial charge in [0.05, 0.1) is 13.2 Å². The van der Waals surface area contributed by atoms with Crippen molar-refractivity contribution < 1.29 is 14.3 Å². The first-order valence-corrected chi connectivity index (χ1v) is 11.0. The number of fused-ring (bicyclic) bond motifs is 1. The van der Waals surface area contributed by atoms with Gasteiger partial charge >= 0.3 is 0 Å². The second-order valence-corrected chi connectivity index (χ2v) is 8.49. The monoisotopic (exact) mass is 432 g/mol. The highest BCUT2D eigenvalue weighted by Gasteiger charge is 2.30. The average molecular weight is 433 g/mol. The number of piperazine rings is 1. The topological polar surface area (TPSA) is 59.8 Å². The molecule has 2 aliphatic heterocycles. The summed E-state index contributed by atoms with van der Waals surface area (Å²) in [6, 6.07) is 7.63. The molecule has 162 valence electrons. The summed E-state index contributed by atoms with van der Waals surface area (Å²) in [6.45, 7) is 9.87. The normalized spacial score (nSPS) is 17.3. The van der Waals surface area contributed by atoms with Crippen LogP contribution in [-0.2, 0) is 17.8 Å². The fourth-order valence-corrected chi connectivity index (χ4v) is 4.14. The van der Waals surface area contributed by atoms with Crippen molar-refractivity contribution in [1.29, 1.82) is 0 Å². The molecule has 2 aliphatic rings. The van der Waals surface area contributed by atoms with Crippen LogP contribution in [-0.4, -0.2) is 71.4 Å². The molecule has 0 atom stereocenters. The fourth-order valence-electron chi connectivity index (χ4n) is 4.01. The number of nitrogens with zero attached hydrogens (tertiary/aromatic N) is 4. The van der Waals surface area contributed by atoms with Crippen LogP contribution in [0.1, 0.15) is 41.6 Å². The Kier molecular flexibility index (Phi) is 6.61. The third kappa shape index (κ3) is 4.63. The molecule has 1 aromatic heterocycles. The Labute approximate surface area is 182 Å². The zero-order valence-corrected chi connectivity index (χ0v) is 18.4. The predicted octanol–water partition coefficient (Wildman–Crippen LogP) is 3.03. The summed E-state index contributed by atoms with van der Waals surface area (Å²) in [4.78, 5) is 17.4. The standard InChI is InChI=1S/C22H29ClN4O3/c1-16(2)27-20-7-13-29-15-19(20)21(24-27)22(28)26-10-8-25(9-11-26)12-14-30-18-5-3-17(23)4-6-18/h3-6,16H,7-15H2,1-2H3. The van der Waals surface area contributed by atoms with Crippen molar-refractivity contribution in [3.63, 3.8) is 0 Å². The molecule has 0 unspecified atom stereocenters. The van der Waals surface area contributed by atoms with E-state index in [2.05, 4.69) is 23.8 Å². The van der Waals surface area contributed by atoms with Crippen LogP contribution in [0.4, 0.5) is 0 Å². The molecule has 1 amide bonds. The lowest BCUT2D eigenvalue weighted by atomic mass is 10.1. The molecule has 0 radical (unpaired) electrons. The Morgan fingerprint density at radius 2 is 1.93 bits per heavy atom. The summed E-state index contributed by atoms with van der Waals surface area (Å²) < 4.78 is 13.4. The van der Waals surface area contributed by atoms with Gasteiger partial charge < -0.3 is 14.4 Å². The fraction of sp³-hybridized carbons (Fsp3) is 0.545. The summed E-state index contributed by atoms with van der Waals surface area (Å²) in [6.07, 6.45) is 0.815. The van der Waals surface area contributed by atoms with E-state index < -0.39 is 0 Å². The van der Waals surface area contributed by atoms with Gasteiger partial charge in [-0.05, 0) is 38.1 Å². The van der Waals surface area contributed by atoms with Crippen LogP contribution in [0.5, 0.6) is 5.75 Å². The Morgan fingerprint density at radius 1 is 1.20 bits per heavy atom. The molecule has 1 fully saturated rings. The van der Waals surface area contributed by atoms with Crippen LogP contribution >= 0.6 is 11.6 Å². The van der Waals surface area contributed by atoms with Crippen molar-refractivity contribution in [3.05, 3.63) is 46.2 Å². The van der Waals surface area contributed by atoms with Crippen molar-refractivity contribution in [2.24, 2.45) is 0 Å². The minimum absolute atomic E-state index is 0.0215. The molecule has 8 heteroatoms. The average Bonchev–Trinajstić information content (AvgIpc) is 3.15. The number of carbonyl (C=O) groups excluding carboxylic acids is 1. The Morgan fingerprint density at radius 3 is 2.63 bits per heavy atom. The van der Waals surface area contributed by atoms with Crippen LogP contribution in [0.2, 0.25) is 5.02 Å². The maximum Gasteiger partial charge on any atom is 0.274 e. The Bertz CT molecular complexity index is 873. The minimum Gasteiger partial charge on any atom is -0.492 e. The SMILES string of the molecule is CC(C)n1nc(C(=O)N2CCN(CCOc3ccc(Cl)cc3)CC2)c2c1CCOC2. The molecule has 0 aliphatic carbocycles. The quantitative estimate of drug-likeness (QED) is 0.702. The third-order valence-electron chi connectivity index (χ3n) is 5.69. The van der Waals surface area contributed by atoms with Crippen LogP contribution < -0.4 is 4.74 Å². The van der Waals surface area contributed by atoms with Gasteiger partial charge in [-0.15, -0.1) is 0 Å². The molecule has 3 heterocycles. The van der Waals surface area contributed by atoms with Crippen molar-refractivity contribution in [2.75, 3.05) is 45.9 Å². The zero-order chi connectivity index (χ0) is 21.1. The van der Waals surface area contributed by atoms with Gasteiger partial charge in [0.25, 0.3) is 5.91 Å². The first-order valence-electron chi connectivity index (χ1n) is 10.6. The summed E-state index contributed by atoms with van der Waals surface area (Å²) in [5, 5.41) is 5.38. The summed E-state index contributed by atoms with van der Waals surface area (Å²) in [5.41, 5.74) is 2.69. The van der Waals surface area contributed by atoms with Crippen LogP contribution in [0.3, 0.4) is 0 Å². The van der Waals surface area contributed by atoms with Gasteiger partial charge in [-0.1, -0.05) is 11.6 Å². The van der Waals surface area contributed by atoms with Gasteiger partial charge in [-0.2, -0.15) is 5.10 Å². The first-order chi connectivity index (χ1) is 14.5. The maximum atomic E-state index is 13.2. The van der Waals surface area contributed by atoms with E-state index in [0.717, 1.165) is 43.1 Å². The highest BCUT2D eigenvalue weighted by Crippen LogP contribution is 2.25. The molecule has 4 rings (SSSR count). The van der Waals surface area contributed by atoms with Gasteiger partial charge in [-0.25, -0.2) is 0 Å². The van der Waals surface area contributed by atoms with E-state index in [1.165, 1.54) is 0 Å². The van der Waals surface area contributed by atoms with Crippen LogP contribution in [0.15, 0.2) is 24.3 Å². The number of ether oxygens (including phenoxy) is 2. The highest BCUT2D eigenvalue weighted by molar-refractivity contribution is 6.30. The highest BCUT2D eigenvalue weighted by atomic mass is 35.5. The van der Waals surface area contributed by atoms with Crippen LogP contribution in [0.25, 0.3) is 0 Å². The molecule has 0 saturated carbocycles. The van der Waals surface area contributed by atoms with Crippen molar-refractivity contribution in [3.8, 4) is 5.75 Å². The summed E-state index contributed by atoms with van der Waals surface area (Å²) >= 11 is 5.90. The lowest BCUT2D eigenvalue weighted by Crippen LogP contribution is -2.49. The van der Waals surface area contributed by atoms with Gasteiger partial charge in [0, 0.05) is 61.5 Å². The lowest BCUT2D eigenvalue weighted by Gasteiger charge is -2.34. The molecule has 7 nitrogen and oxygen atoms in total. The molecule has 0 bridgehead atoms. The van der Waals surface area contributed by atoms with Gasteiger partial charge in [0.15, 0.2) is 5.69 Å². The van der Waals surface area contributed by atoms with E-state index in [1.54, 1.807) is 0 Å². The van der Waals surface area contributed by atoms with Crippen LogP contribution in [0, 0.1) is 0 Å². The smallest absolute Gasteiger partial charge is 0.274 e. The first kappa shape index (κ1) is 21.2. The van der Waals surface area contributed by atoms with Gasteiger partial charge in [0.1, 0.15) is 12.4 Å². The molecule has 0 spiro atoms. The zero-order valence-electron chi connectivity index (χ0n) is 17.6. The van der Waals surface area contributed by atoms with Crippen molar-refractivity contribution in [1.82, 2.24) is 19.6 Å². The molecule has 1 saturated heterocycles. The molecular formula is C22H29ClN4O3. The lowest BCUT2D eigenvalue weighted by molar-refractivity contribution is 0.0604. The number of amides is 1. The Balaban J connectivity index is 1.31. The van der Waals surface area contributed by atoms with E-state index in [-0.39, 0.29) is 11.9 Å². The van der Waals surface area contributed by atoms with E-state index in [0.29, 0.717) is 43.6 Å². The largest absolute Gasteiger partial charge is 0.492 e. The number of rotatable bonds is 6. The molecule has 2 aromatic rings. The van der Waals surface area contributed by atoms with E-state index in [9.17, 15) is 4.79 Å². The number of benzene rings is 1. The summed E-state index contributed by atoms with van der Waals surface area (Å²) in [5.74, 6) is 0.842.